The Balaban J connectivity index is 1.74. The van der Waals surface area contributed by atoms with Crippen molar-refractivity contribution in [2.24, 2.45) is 0 Å². The number of hydrogen-bond acceptors (Lipinski definition) is 3. The number of nitrogens with zero attached hydrogens (tertiary/aromatic N) is 2. The van der Waals surface area contributed by atoms with Gasteiger partial charge in [-0.15, -0.1) is 0 Å². The number of rotatable bonds is 4. The minimum atomic E-state index is -0.135. The summed E-state index contributed by atoms with van der Waals surface area (Å²) in [4.78, 5) is 29.8. The molecule has 0 aromatic heterocycles. The number of benzene rings is 3. The SMILES string of the molecule is COc1cccc(C(=O)N2CCC(N(C(C)=O)c3ccccc3C)c3ccccc32)c1. The quantitative estimate of drug-likeness (QED) is 0.593. The zero-order valence-corrected chi connectivity index (χ0v) is 18.0. The molecule has 0 radical (unpaired) electrons. The summed E-state index contributed by atoms with van der Waals surface area (Å²) >= 11 is 0. The minimum Gasteiger partial charge on any atom is -0.497 e. The monoisotopic (exact) mass is 414 g/mol. The molecule has 0 fully saturated rings. The van der Waals surface area contributed by atoms with Crippen molar-refractivity contribution in [3.05, 3.63) is 89.5 Å². The number of carbonyl (C=O) groups is 2. The van der Waals surface area contributed by atoms with Crippen LogP contribution < -0.4 is 14.5 Å². The van der Waals surface area contributed by atoms with Crippen LogP contribution in [-0.2, 0) is 4.79 Å². The van der Waals surface area contributed by atoms with Crippen LogP contribution >= 0.6 is 0 Å². The highest BCUT2D eigenvalue weighted by atomic mass is 16.5. The molecule has 3 aromatic rings. The molecule has 0 spiro atoms. The van der Waals surface area contributed by atoms with E-state index in [1.54, 1.807) is 31.1 Å². The number of hydrogen-bond donors (Lipinski definition) is 0. The summed E-state index contributed by atoms with van der Waals surface area (Å²) in [5, 5.41) is 0. The van der Waals surface area contributed by atoms with E-state index in [4.69, 9.17) is 4.74 Å². The highest BCUT2D eigenvalue weighted by Crippen LogP contribution is 2.41. The van der Waals surface area contributed by atoms with Crippen LogP contribution in [0.25, 0.3) is 0 Å². The Morgan fingerprint density at radius 3 is 2.48 bits per heavy atom. The summed E-state index contributed by atoms with van der Waals surface area (Å²) in [6.45, 7) is 4.13. The fraction of sp³-hybridized carbons (Fsp3) is 0.231. The number of amides is 2. The van der Waals surface area contributed by atoms with Gasteiger partial charge in [-0.1, -0.05) is 42.5 Å². The molecular formula is C26H26N2O3. The van der Waals surface area contributed by atoms with Crippen LogP contribution in [0, 0.1) is 6.92 Å². The van der Waals surface area contributed by atoms with E-state index >= 15 is 0 Å². The van der Waals surface area contributed by atoms with Crippen molar-refractivity contribution in [1.82, 2.24) is 0 Å². The lowest BCUT2D eigenvalue weighted by Gasteiger charge is -2.40. The molecular weight excluding hydrogens is 388 g/mol. The molecule has 5 nitrogen and oxygen atoms in total. The van der Waals surface area contributed by atoms with Crippen molar-refractivity contribution >= 4 is 23.2 Å². The molecule has 5 heteroatoms. The second-order valence-electron chi connectivity index (χ2n) is 7.73. The van der Waals surface area contributed by atoms with Crippen molar-refractivity contribution < 1.29 is 14.3 Å². The number of fused-ring (bicyclic) bond motifs is 1. The van der Waals surface area contributed by atoms with Crippen LogP contribution in [0.15, 0.2) is 72.8 Å². The van der Waals surface area contributed by atoms with Crippen LogP contribution in [0.2, 0.25) is 0 Å². The molecule has 0 aliphatic carbocycles. The Hall–Kier alpha value is -3.60. The summed E-state index contributed by atoms with van der Waals surface area (Å²) in [5.74, 6) is 0.563. The maximum atomic E-state index is 13.4. The summed E-state index contributed by atoms with van der Waals surface area (Å²) in [7, 11) is 1.59. The highest BCUT2D eigenvalue weighted by molar-refractivity contribution is 6.07. The largest absolute Gasteiger partial charge is 0.497 e. The van der Waals surface area contributed by atoms with Crippen molar-refractivity contribution in [3.63, 3.8) is 0 Å². The summed E-state index contributed by atoms with van der Waals surface area (Å²) in [6, 6.07) is 22.8. The van der Waals surface area contributed by atoms with Crippen LogP contribution in [0.1, 0.15) is 40.9 Å². The fourth-order valence-electron chi connectivity index (χ4n) is 4.32. The average molecular weight is 415 g/mol. The van der Waals surface area contributed by atoms with E-state index in [0.29, 0.717) is 24.3 Å². The van der Waals surface area contributed by atoms with Gasteiger partial charge in [0.2, 0.25) is 5.91 Å². The summed E-state index contributed by atoms with van der Waals surface area (Å²) in [6.07, 6.45) is 0.653. The molecule has 31 heavy (non-hydrogen) atoms. The summed E-state index contributed by atoms with van der Waals surface area (Å²) in [5.41, 5.74) is 4.34. The Morgan fingerprint density at radius 2 is 1.74 bits per heavy atom. The van der Waals surface area contributed by atoms with Gasteiger partial charge in [0.15, 0.2) is 0 Å². The molecule has 158 valence electrons. The van der Waals surface area contributed by atoms with E-state index in [-0.39, 0.29) is 17.9 Å². The predicted octanol–water partition coefficient (Wildman–Crippen LogP) is 5.15. The molecule has 1 unspecified atom stereocenters. The van der Waals surface area contributed by atoms with Gasteiger partial charge < -0.3 is 14.5 Å². The number of methoxy groups -OCH3 is 1. The molecule has 1 atom stereocenters. The van der Waals surface area contributed by atoms with Crippen molar-refractivity contribution in [3.8, 4) is 5.75 Å². The number of carbonyl (C=O) groups excluding carboxylic acids is 2. The van der Waals surface area contributed by atoms with E-state index in [1.807, 2.05) is 72.5 Å². The molecule has 2 amide bonds. The second-order valence-corrected chi connectivity index (χ2v) is 7.73. The number of anilines is 2. The van der Waals surface area contributed by atoms with Gasteiger partial charge in [-0.05, 0) is 54.8 Å². The fourth-order valence-corrected chi connectivity index (χ4v) is 4.32. The predicted molar refractivity (Wildman–Crippen MR) is 123 cm³/mol. The molecule has 1 aliphatic rings. The van der Waals surface area contributed by atoms with E-state index in [1.165, 1.54) is 0 Å². The van der Waals surface area contributed by atoms with Crippen LogP contribution in [-0.4, -0.2) is 25.5 Å². The van der Waals surface area contributed by atoms with Crippen molar-refractivity contribution in [2.45, 2.75) is 26.3 Å². The zero-order valence-electron chi connectivity index (χ0n) is 18.0. The molecule has 3 aromatic carbocycles. The molecule has 0 bridgehead atoms. The van der Waals surface area contributed by atoms with Gasteiger partial charge in [-0.3, -0.25) is 9.59 Å². The first kappa shape index (κ1) is 20.7. The molecule has 1 aliphatic heterocycles. The minimum absolute atomic E-state index is 0.0123. The van der Waals surface area contributed by atoms with Gasteiger partial charge in [0, 0.05) is 30.4 Å². The topological polar surface area (TPSA) is 49.9 Å². The first-order valence-corrected chi connectivity index (χ1v) is 10.4. The number of aryl methyl sites for hydroxylation is 1. The molecule has 0 saturated heterocycles. The smallest absolute Gasteiger partial charge is 0.258 e. The zero-order chi connectivity index (χ0) is 22.0. The maximum absolute atomic E-state index is 13.4. The third-order valence-electron chi connectivity index (χ3n) is 5.80. The number of ether oxygens (including phenoxy) is 1. The lowest BCUT2D eigenvalue weighted by Crippen LogP contribution is -2.43. The maximum Gasteiger partial charge on any atom is 0.258 e. The normalized spacial score (nSPS) is 15.2. The van der Waals surface area contributed by atoms with Gasteiger partial charge >= 0.3 is 0 Å². The Kier molecular flexibility index (Phi) is 5.76. The Morgan fingerprint density at radius 1 is 1.00 bits per heavy atom. The highest BCUT2D eigenvalue weighted by Gasteiger charge is 2.34. The number of para-hydroxylation sites is 2. The van der Waals surface area contributed by atoms with E-state index in [9.17, 15) is 9.59 Å². The van der Waals surface area contributed by atoms with Crippen LogP contribution in [0.4, 0.5) is 11.4 Å². The third kappa shape index (κ3) is 3.91. The van der Waals surface area contributed by atoms with E-state index < -0.39 is 0 Å². The van der Waals surface area contributed by atoms with Gasteiger partial charge in [0.1, 0.15) is 5.75 Å². The van der Waals surface area contributed by atoms with Gasteiger partial charge in [0.25, 0.3) is 5.91 Å². The van der Waals surface area contributed by atoms with E-state index in [0.717, 1.165) is 22.5 Å². The van der Waals surface area contributed by atoms with Crippen LogP contribution in [0.5, 0.6) is 5.75 Å². The molecule has 4 rings (SSSR count). The molecule has 0 N–H and O–H groups in total. The van der Waals surface area contributed by atoms with Gasteiger partial charge in [-0.25, -0.2) is 0 Å². The van der Waals surface area contributed by atoms with E-state index in [2.05, 4.69) is 0 Å². The lowest BCUT2D eigenvalue weighted by atomic mass is 9.93. The van der Waals surface area contributed by atoms with Gasteiger partial charge in [-0.2, -0.15) is 0 Å². The van der Waals surface area contributed by atoms with Crippen LogP contribution in [0.3, 0.4) is 0 Å². The third-order valence-corrected chi connectivity index (χ3v) is 5.80. The average Bonchev–Trinajstić information content (AvgIpc) is 2.80. The Bertz CT molecular complexity index is 1120. The van der Waals surface area contributed by atoms with Gasteiger partial charge in [0.05, 0.1) is 13.2 Å². The first-order chi connectivity index (χ1) is 15.0. The molecule has 1 heterocycles. The van der Waals surface area contributed by atoms with Crippen molar-refractivity contribution in [1.29, 1.82) is 0 Å². The summed E-state index contributed by atoms with van der Waals surface area (Å²) < 4.78 is 5.28. The lowest BCUT2D eigenvalue weighted by molar-refractivity contribution is -0.117. The molecule has 0 saturated carbocycles. The second kappa shape index (κ2) is 8.64. The van der Waals surface area contributed by atoms with Crippen molar-refractivity contribution in [2.75, 3.05) is 23.5 Å². The Labute approximate surface area is 182 Å². The standard InChI is InChI=1S/C26H26N2O3/c1-18-9-4-6-13-23(18)28(19(2)29)25-15-16-27(24-14-7-5-12-22(24)25)26(30)20-10-8-11-21(17-20)31-3/h4-14,17,25H,15-16H2,1-3H3. The first-order valence-electron chi connectivity index (χ1n) is 10.4.